The number of nitrogens with two attached hydrogens (primary N) is 1. The van der Waals surface area contributed by atoms with Crippen molar-refractivity contribution in [1.29, 1.82) is 0 Å². The fraction of sp³-hybridized carbons (Fsp3) is 0.571. The van der Waals surface area contributed by atoms with Crippen LogP contribution in [0.3, 0.4) is 0 Å². The molecule has 0 radical (unpaired) electrons. The standard InChI is InChI=1S/C14H20N2O4S/c1-5-19-12(17)11-10(15)8-6-16(7-9(8)21-11)13(18)20-14(2,3)4/h5-7,15H2,1-4H3. The second-order valence-electron chi connectivity index (χ2n) is 5.80. The molecule has 6 nitrogen and oxygen atoms in total. The van der Waals surface area contributed by atoms with Crippen LogP contribution in [0.15, 0.2) is 0 Å². The average molecular weight is 312 g/mol. The molecule has 2 rings (SSSR count). The van der Waals surface area contributed by atoms with E-state index in [1.54, 1.807) is 11.8 Å². The van der Waals surface area contributed by atoms with E-state index in [9.17, 15) is 9.59 Å². The van der Waals surface area contributed by atoms with Gasteiger partial charge in [0.2, 0.25) is 0 Å². The Bertz CT molecular complexity index is 574. The largest absolute Gasteiger partial charge is 0.462 e. The van der Waals surface area contributed by atoms with Crippen LogP contribution in [0.25, 0.3) is 0 Å². The maximum atomic E-state index is 12.0. The second kappa shape index (κ2) is 5.55. The van der Waals surface area contributed by atoms with Crippen LogP contribution in [0.2, 0.25) is 0 Å². The van der Waals surface area contributed by atoms with Gasteiger partial charge in [-0.2, -0.15) is 0 Å². The highest BCUT2D eigenvalue weighted by molar-refractivity contribution is 7.14. The lowest BCUT2D eigenvalue weighted by Crippen LogP contribution is -2.33. The van der Waals surface area contributed by atoms with Crippen LogP contribution in [0.1, 0.15) is 47.8 Å². The van der Waals surface area contributed by atoms with E-state index in [-0.39, 0.29) is 6.09 Å². The van der Waals surface area contributed by atoms with Gasteiger partial charge in [-0.25, -0.2) is 9.59 Å². The number of fused-ring (bicyclic) bond motifs is 1. The van der Waals surface area contributed by atoms with Crippen molar-refractivity contribution in [2.45, 2.75) is 46.4 Å². The van der Waals surface area contributed by atoms with Gasteiger partial charge in [-0.3, -0.25) is 4.90 Å². The van der Waals surface area contributed by atoms with Crippen molar-refractivity contribution in [3.05, 3.63) is 15.3 Å². The van der Waals surface area contributed by atoms with Gasteiger partial charge in [-0.15, -0.1) is 11.3 Å². The lowest BCUT2D eigenvalue weighted by Gasteiger charge is -2.24. The number of thiophene rings is 1. The Balaban J connectivity index is 2.11. The molecule has 0 aromatic carbocycles. The van der Waals surface area contributed by atoms with E-state index in [0.29, 0.717) is 30.3 Å². The summed E-state index contributed by atoms with van der Waals surface area (Å²) in [7, 11) is 0. The number of anilines is 1. The Hall–Kier alpha value is -1.76. The molecule has 2 N–H and O–H groups in total. The van der Waals surface area contributed by atoms with Crippen LogP contribution in [0.5, 0.6) is 0 Å². The third kappa shape index (κ3) is 3.29. The summed E-state index contributed by atoms with van der Waals surface area (Å²) in [6, 6.07) is 0. The summed E-state index contributed by atoms with van der Waals surface area (Å²) in [5, 5.41) is 0. The minimum atomic E-state index is -0.533. The normalized spacial score (nSPS) is 14.0. The molecule has 0 saturated heterocycles. The van der Waals surface area contributed by atoms with Gasteiger partial charge in [0.05, 0.1) is 25.4 Å². The molecule has 0 bridgehead atoms. The molecule has 0 atom stereocenters. The van der Waals surface area contributed by atoms with Gasteiger partial charge in [0.1, 0.15) is 10.5 Å². The lowest BCUT2D eigenvalue weighted by molar-refractivity contribution is 0.0243. The molecule has 0 spiro atoms. The number of esters is 1. The molecule has 0 unspecified atom stereocenters. The van der Waals surface area contributed by atoms with Crippen molar-refractivity contribution in [2.24, 2.45) is 0 Å². The fourth-order valence-corrected chi connectivity index (χ4v) is 3.19. The number of amides is 1. The molecule has 1 aliphatic rings. The van der Waals surface area contributed by atoms with Crippen LogP contribution in [-0.4, -0.2) is 29.2 Å². The molecule has 0 fully saturated rings. The van der Waals surface area contributed by atoms with Crippen LogP contribution >= 0.6 is 11.3 Å². The number of ether oxygens (including phenoxy) is 2. The summed E-state index contributed by atoms with van der Waals surface area (Å²) in [4.78, 5) is 26.7. The summed E-state index contributed by atoms with van der Waals surface area (Å²) in [6.07, 6.45) is -0.372. The zero-order valence-corrected chi connectivity index (χ0v) is 13.5. The van der Waals surface area contributed by atoms with Crippen molar-refractivity contribution in [3.63, 3.8) is 0 Å². The minimum Gasteiger partial charge on any atom is -0.462 e. The Labute approximate surface area is 127 Å². The summed E-state index contributed by atoms with van der Waals surface area (Å²) >= 11 is 1.29. The molecule has 2 heterocycles. The van der Waals surface area contributed by atoms with Gasteiger partial charge in [0.25, 0.3) is 0 Å². The van der Waals surface area contributed by atoms with Gasteiger partial charge >= 0.3 is 12.1 Å². The van der Waals surface area contributed by atoms with Crippen LogP contribution in [0.4, 0.5) is 10.5 Å². The summed E-state index contributed by atoms with van der Waals surface area (Å²) in [6.45, 7) is 8.31. The Morgan fingerprint density at radius 3 is 2.52 bits per heavy atom. The summed E-state index contributed by atoms with van der Waals surface area (Å²) < 4.78 is 10.3. The summed E-state index contributed by atoms with van der Waals surface area (Å²) in [5.74, 6) is -0.404. The van der Waals surface area contributed by atoms with Gasteiger partial charge in [-0.05, 0) is 27.7 Å². The number of hydrogen-bond acceptors (Lipinski definition) is 6. The van der Waals surface area contributed by atoms with Crippen LogP contribution in [-0.2, 0) is 22.6 Å². The molecular weight excluding hydrogens is 292 g/mol. The highest BCUT2D eigenvalue weighted by Crippen LogP contribution is 2.38. The second-order valence-corrected chi connectivity index (χ2v) is 6.91. The molecule has 0 saturated carbocycles. The van der Waals surface area contributed by atoms with Crippen molar-refractivity contribution in [1.82, 2.24) is 4.90 Å². The van der Waals surface area contributed by atoms with E-state index < -0.39 is 11.6 Å². The van der Waals surface area contributed by atoms with Gasteiger partial charge < -0.3 is 15.2 Å². The lowest BCUT2D eigenvalue weighted by atomic mass is 10.2. The zero-order valence-electron chi connectivity index (χ0n) is 12.7. The molecule has 1 aliphatic heterocycles. The van der Waals surface area contributed by atoms with E-state index in [2.05, 4.69) is 0 Å². The Morgan fingerprint density at radius 2 is 2.00 bits per heavy atom. The number of carbonyl (C=O) groups is 2. The van der Waals surface area contributed by atoms with Crippen molar-refractivity contribution in [3.8, 4) is 0 Å². The SMILES string of the molecule is CCOC(=O)c1sc2c(c1N)CN(C(=O)OC(C)(C)C)C2. The molecule has 1 aromatic rings. The first-order valence-corrected chi connectivity index (χ1v) is 7.59. The van der Waals surface area contributed by atoms with Gasteiger partial charge in [-0.1, -0.05) is 0 Å². The quantitative estimate of drug-likeness (QED) is 0.849. The zero-order chi connectivity index (χ0) is 15.8. The van der Waals surface area contributed by atoms with E-state index in [1.807, 2.05) is 20.8 Å². The highest BCUT2D eigenvalue weighted by atomic mass is 32.1. The molecular formula is C14H20N2O4S. The van der Waals surface area contributed by atoms with Crippen LogP contribution < -0.4 is 5.73 Å². The number of nitrogens with zero attached hydrogens (tertiary/aromatic N) is 1. The highest BCUT2D eigenvalue weighted by Gasteiger charge is 2.33. The number of hydrogen-bond donors (Lipinski definition) is 1. The van der Waals surface area contributed by atoms with E-state index in [4.69, 9.17) is 15.2 Å². The van der Waals surface area contributed by atoms with Crippen molar-refractivity contribution in [2.75, 3.05) is 12.3 Å². The smallest absolute Gasteiger partial charge is 0.410 e. The first-order valence-electron chi connectivity index (χ1n) is 6.78. The van der Waals surface area contributed by atoms with Crippen LogP contribution in [0, 0.1) is 0 Å². The topological polar surface area (TPSA) is 81.9 Å². The van der Waals surface area contributed by atoms with Gasteiger partial charge in [0.15, 0.2) is 0 Å². The number of rotatable bonds is 2. The minimum absolute atomic E-state index is 0.310. The maximum absolute atomic E-state index is 12.0. The first-order chi connectivity index (χ1) is 9.73. The van der Waals surface area contributed by atoms with Crippen molar-refractivity contribution >= 4 is 29.1 Å². The third-order valence-corrected chi connectivity index (χ3v) is 4.14. The van der Waals surface area contributed by atoms with E-state index in [1.165, 1.54) is 11.3 Å². The Morgan fingerprint density at radius 1 is 1.33 bits per heavy atom. The number of carbonyl (C=O) groups excluding carboxylic acids is 2. The molecule has 21 heavy (non-hydrogen) atoms. The van der Waals surface area contributed by atoms with E-state index >= 15 is 0 Å². The number of nitrogen functional groups attached to an aromatic ring is 1. The molecule has 116 valence electrons. The molecule has 0 aliphatic carbocycles. The molecule has 1 amide bonds. The fourth-order valence-electron chi connectivity index (χ4n) is 2.05. The third-order valence-electron chi connectivity index (χ3n) is 2.93. The monoisotopic (exact) mass is 312 g/mol. The first kappa shape index (κ1) is 15.6. The predicted octanol–water partition coefficient (Wildman–Crippen LogP) is 2.76. The molecule has 1 aromatic heterocycles. The maximum Gasteiger partial charge on any atom is 0.410 e. The summed E-state index contributed by atoms with van der Waals surface area (Å²) in [5.41, 5.74) is 6.72. The van der Waals surface area contributed by atoms with Crippen molar-refractivity contribution < 1.29 is 19.1 Å². The molecule has 7 heteroatoms. The van der Waals surface area contributed by atoms with Gasteiger partial charge in [0, 0.05) is 10.4 Å². The Kier molecular flexibility index (Phi) is 4.13. The van der Waals surface area contributed by atoms with E-state index in [0.717, 1.165) is 10.4 Å². The predicted molar refractivity (Wildman–Crippen MR) is 80.2 cm³/mol. The average Bonchev–Trinajstić information content (AvgIpc) is 2.88.